The third-order valence-electron chi connectivity index (χ3n) is 5.73. The van der Waals surface area contributed by atoms with Gasteiger partial charge in [0.25, 0.3) is 0 Å². The molecule has 1 aromatic carbocycles. The van der Waals surface area contributed by atoms with E-state index in [1.165, 1.54) is 12.3 Å². The minimum absolute atomic E-state index is 0.154. The zero-order valence-electron chi connectivity index (χ0n) is 19.1. The average molecular weight is 501 g/mol. The number of aliphatic hydroxyl groups excluding tert-OH is 1. The van der Waals surface area contributed by atoms with E-state index in [0.29, 0.717) is 41.8 Å². The molecule has 2 N–H and O–H groups in total. The third-order valence-corrected chi connectivity index (χ3v) is 5.73. The van der Waals surface area contributed by atoms with Gasteiger partial charge in [-0.25, -0.2) is 9.67 Å². The standard InChI is InChI=1S/C23H22F3N7O3/c1-14-15(8-32-10-18(35)12-36-32)9-33(30-14)21-4-5-27-22(29-21)28-17-2-3-20-19(6-17)16(11-34)7-31(20)13-23(24,25)26/h2-7,9,11,18,35H,8,10,12-13H2,1H3,(H,27,28,29). The normalized spacial score (nSPS) is 16.6. The van der Waals surface area contributed by atoms with Gasteiger partial charge >= 0.3 is 6.18 Å². The summed E-state index contributed by atoms with van der Waals surface area (Å²) in [6.07, 6.45) is 0.169. The molecule has 0 spiro atoms. The molecule has 36 heavy (non-hydrogen) atoms. The zero-order chi connectivity index (χ0) is 25.4. The molecule has 0 saturated carbocycles. The highest BCUT2D eigenvalue weighted by atomic mass is 19.4. The second kappa shape index (κ2) is 9.33. The summed E-state index contributed by atoms with van der Waals surface area (Å²) in [5.41, 5.74) is 2.65. The second-order valence-corrected chi connectivity index (χ2v) is 8.50. The number of β-amino-alcohol motifs (C(OH)–C–C–N with tert-alkyl or cyclic N) is 1. The second-order valence-electron chi connectivity index (χ2n) is 8.50. The lowest BCUT2D eigenvalue weighted by Gasteiger charge is -2.12. The minimum Gasteiger partial charge on any atom is -0.389 e. The van der Waals surface area contributed by atoms with E-state index in [0.717, 1.165) is 15.8 Å². The molecule has 0 amide bonds. The largest absolute Gasteiger partial charge is 0.406 e. The molecule has 1 unspecified atom stereocenters. The highest BCUT2D eigenvalue weighted by Gasteiger charge is 2.29. The van der Waals surface area contributed by atoms with Crippen molar-refractivity contribution in [2.45, 2.75) is 32.3 Å². The van der Waals surface area contributed by atoms with Gasteiger partial charge in [-0.2, -0.15) is 28.3 Å². The van der Waals surface area contributed by atoms with E-state index in [9.17, 15) is 23.1 Å². The fraction of sp³-hybridized carbons (Fsp3) is 0.304. The van der Waals surface area contributed by atoms with Gasteiger partial charge in [0.05, 0.1) is 31.5 Å². The smallest absolute Gasteiger partial charge is 0.389 e. The first-order chi connectivity index (χ1) is 17.2. The van der Waals surface area contributed by atoms with Crippen LogP contribution in [0.5, 0.6) is 0 Å². The molecule has 0 bridgehead atoms. The predicted molar refractivity (Wildman–Crippen MR) is 123 cm³/mol. The number of rotatable bonds is 7. The van der Waals surface area contributed by atoms with Crippen LogP contribution in [-0.2, 0) is 17.9 Å². The van der Waals surface area contributed by atoms with Crippen LogP contribution in [0, 0.1) is 6.92 Å². The van der Waals surface area contributed by atoms with Gasteiger partial charge in [-0.3, -0.25) is 9.63 Å². The number of aliphatic hydroxyl groups is 1. The number of nitrogens with one attached hydrogen (secondary N) is 1. The minimum atomic E-state index is -4.41. The molecule has 1 aliphatic heterocycles. The van der Waals surface area contributed by atoms with Crippen molar-refractivity contribution in [3.8, 4) is 5.82 Å². The maximum absolute atomic E-state index is 12.9. The molecule has 5 rings (SSSR count). The Morgan fingerprint density at radius 1 is 1.28 bits per heavy atom. The van der Waals surface area contributed by atoms with Crippen molar-refractivity contribution in [3.05, 3.63) is 59.7 Å². The van der Waals surface area contributed by atoms with E-state index in [1.807, 2.05) is 13.1 Å². The summed E-state index contributed by atoms with van der Waals surface area (Å²) < 4.78 is 41.3. The Labute approximate surface area is 202 Å². The Bertz CT molecular complexity index is 1420. The number of carbonyl (C=O) groups is 1. The molecule has 1 fully saturated rings. The Morgan fingerprint density at radius 2 is 2.11 bits per heavy atom. The van der Waals surface area contributed by atoms with E-state index in [-0.39, 0.29) is 18.1 Å². The summed E-state index contributed by atoms with van der Waals surface area (Å²) in [6, 6.07) is 6.38. The summed E-state index contributed by atoms with van der Waals surface area (Å²) in [4.78, 5) is 25.6. The summed E-state index contributed by atoms with van der Waals surface area (Å²) in [5, 5.41) is 19.2. The van der Waals surface area contributed by atoms with E-state index in [1.54, 1.807) is 34.1 Å². The van der Waals surface area contributed by atoms with Gasteiger partial charge < -0.3 is 15.0 Å². The van der Waals surface area contributed by atoms with Crippen molar-refractivity contribution in [1.82, 2.24) is 29.4 Å². The number of aromatic nitrogens is 5. The number of alkyl halides is 3. The maximum Gasteiger partial charge on any atom is 0.406 e. The number of aryl methyl sites for hydroxylation is 1. The average Bonchev–Trinajstić information content (AvgIpc) is 3.50. The molecule has 188 valence electrons. The van der Waals surface area contributed by atoms with Crippen LogP contribution in [0.15, 0.2) is 42.9 Å². The van der Waals surface area contributed by atoms with Gasteiger partial charge in [-0.1, -0.05) is 0 Å². The van der Waals surface area contributed by atoms with Crippen LogP contribution < -0.4 is 5.32 Å². The number of benzene rings is 1. The van der Waals surface area contributed by atoms with Gasteiger partial charge in [0, 0.05) is 52.4 Å². The molecule has 1 atom stereocenters. The van der Waals surface area contributed by atoms with E-state index in [4.69, 9.17) is 4.84 Å². The Morgan fingerprint density at radius 3 is 2.83 bits per heavy atom. The van der Waals surface area contributed by atoms with Crippen LogP contribution in [0.2, 0.25) is 0 Å². The molecular weight excluding hydrogens is 479 g/mol. The molecule has 4 heterocycles. The Hall–Kier alpha value is -3.81. The van der Waals surface area contributed by atoms with Gasteiger partial charge in [-0.15, -0.1) is 0 Å². The van der Waals surface area contributed by atoms with Crippen molar-refractivity contribution < 1.29 is 27.9 Å². The van der Waals surface area contributed by atoms with Crippen molar-refractivity contribution >= 4 is 28.8 Å². The van der Waals surface area contributed by atoms with Gasteiger partial charge in [0.2, 0.25) is 5.95 Å². The monoisotopic (exact) mass is 501 g/mol. The Balaban J connectivity index is 1.37. The lowest BCUT2D eigenvalue weighted by molar-refractivity contribution is -0.139. The number of halogens is 3. The third kappa shape index (κ3) is 5.08. The van der Waals surface area contributed by atoms with Crippen LogP contribution in [0.4, 0.5) is 24.8 Å². The molecule has 1 saturated heterocycles. The summed E-state index contributed by atoms with van der Waals surface area (Å²) in [7, 11) is 0. The van der Waals surface area contributed by atoms with Crippen molar-refractivity contribution in [3.63, 3.8) is 0 Å². The maximum atomic E-state index is 12.9. The molecule has 3 aromatic heterocycles. The van der Waals surface area contributed by atoms with E-state index >= 15 is 0 Å². The SMILES string of the molecule is Cc1nn(-c2ccnc(Nc3ccc4c(c3)c(C=O)cn4CC(F)(F)F)n2)cc1CN1CC(O)CO1. The fourth-order valence-corrected chi connectivity index (χ4v) is 4.09. The van der Waals surface area contributed by atoms with Crippen LogP contribution in [0.25, 0.3) is 16.7 Å². The first-order valence-electron chi connectivity index (χ1n) is 11.0. The van der Waals surface area contributed by atoms with Gasteiger partial charge in [-0.05, 0) is 25.1 Å². The number of carbonyl (C=O) groups excluding carboxylic acids is 1. The van der Waals surface area contributed by atoms with E-state index in [2.05, 4.69) is 20.4 Å². The van der Waals surface area contributed by atoms with Crippen LogP contribution in [-0.4, -0.2) is 66.2 Å². The van der Waals surface area contributed by atoms with E-state index < -0.39 is 18.8 Å². The number of nitrogens with zero attached hydrogens (tertiary/aromatic N) is 6. The van der Waals surface area contributed by atoms with Gasteiger partial charge in [0.15, 0.2) is 12.1 Å². The van der Waals surface area contributed by atoms with Crippen LogP contribution in [0.3, 0.4) is 0 Å². The fourth-order valence-electron chi connectivity index (χ4n) is 4.09. The number of hydrogen-bond acceptors (Lipinski definition) is 8. The molecule has 10 nitrogen and oxygen atoms in total. The quantitative estimate of drug-likeness (QED) is 0.372. The Kier molecular flexibility index (Phi) is 6.20. The lowest BCUT2D eigenvalue weighted by atomic mass is 10.1. The molecule has 1 aliphatic rings. The highest BCUT2D eigenvalue weighted by Crippen LogP contribution is 2.28. The topological polar surface area (TPSA) is 110 Å². The summed E-state index contributed by atoms with van der Waals surface area (Å²) >= 11 is 0. The molecular formula is C23H22F3N7O3. The number of hydroxylamine groups is 2. The number of anilines is 2. The van der Waals surface area contributed by atoms with Crippen LogP contribution >= 0.6 is 0 Å². The molecule has 0 radical (unpaired) electrons. The van der Waals surface area contributed by atoms with Crippen molar-refractivity contribution in [2.24, 2.45) is 0 Å². The first-order valence-corrected chi connectivity index (χ1v) is 11.0. The zero-order valence-corrected chi connectivity index (χ0v) is 19.1. The highest BCUT2D eigenvalue weighted by molar-refractivity contribution is 5.99. The molecule has 13 heteroatoms. The number of hydrogen-bond donors (Lipinski definition) is 2. The van der Waals surface area contributed by atoms with Crippen molar-refractivity contribution in [1.29, 1.82) is 0 Å². The number of fused-ring (bicyclic) bond motifs is 1. The lowest BCUT2D eigenvalue weighted by Crippen LogP contribution is -2.20. The summed E-state index contributed by atoms with van der Waals surface area (Å²) in [5.74, 6) is 0.741. The first kappa shape index (κ1) is 23.9. The van der Waals surface area contributed by atoms with Crippen LogP contribution in [0.1, 0.15) is 21.6 Å². The molecule has 4 aromatic rings. The summed E-state index contributed by atoms with van der Waals surface area (Å²) in [6.45, 7) is 1.82. The van der Waals surface area contributed by atoms with Gasteiger partial charge in [0.1, 0.15) is 6.54 Å². The predicted octanol–water partition coefficient (Wildman–Crippen LogP) is 3.15. The number of aldehydes is 1. The van der Waals surface area contributed by atoms with Crippen molar-refractivity contribution in [2.75, 3.05) is 18.5 Å². The molecule has 0 aliphatic carbocycles.